The van der Waals surface area contributed by atoms with Gasteiger partial charge in [0.1, 0.15) is 0 Å². The average molecular weight is 349 g/mol. The molecule has 1 saturated heterocycles. The Hall–Kier alpha value is -1.49. The summed E-state index contributed by atoms with van der Waals surface area (Å²) in [6, 6.07) is 9.35. The van der Waals surface area contributed by atoms with Crippen LogP contribution in [0.3, 0.4) is 0 Å². The Morgan fingerprint density at radius 3 is 2.38 bits per heavy atom. The predicted octanol–water partition coefficient (Wildman–Crippen LogP) is 3.19. The molecule has 1 N–H and O–H groups in total. The number of nitrogens with one attached hydrogen (secondary N) is 1. The van der Waals surface area contributed by atoms with Crippen LogP contribution in [0.5, 0.6) is 0 Å². The normalized spacial score (nSPS) is 16.0. The maximum Gasteiger partial charge on any atom is 0.253 e. The van der Waals surface area contributed by atoms with Crippen molar-refractivity contribution in [2.45, 2.75) is 38.4 Å². The summed E-state index contributed by atoms with van der Waals surface area (Å²) in [4.78, 5) is 26.5. The molecule has 2 rings (SSSR count). The van der Waals surface area contributed by atoms with Gasteiger partial charge in [-0.1, -0.05) is 39.0 Å². The van der Waals surface area contributed by atoms with Gasteiger partial charge in [-0.05, 0) is 25.0 Å². The highest BCUT2D eigenvalue weighted by Gasteiger charge is 2.27. The fourth-order valence-electron chi connectivity index (χ4n) is 2.78. The van der Waals surface area contributed by atoms with Gasteiger partial charge >= 0.3 is 0 Å². The first kappa shape index (κ1) is 18.8. The Morgan fingerprint density at radius 2 is 1.79 bits per heavy atom. The van der Waals surface area contributed by atoms with E-state index >= 15 is 0 Å². The molecule has 0 saturated carbocycles. The predicted molar refractivity (Wildman–Crippen MR) is 100 cm³/mol. The van der Waals surface area contributed by atoms with E-state index in [0.29, 0.717) is 19.6 Å². The maximum atomic E-state index is 12.4. The minimum Gasteiger partial charge on any atom is -0.355 e. The van der Waals surface area contributed by atoms with E-state index < -0.39 is 0 Å². The number of nitrogens with zero attached hydrogens (tertiary/aromatic N) is 1. The van der Waals surface area contributed by atoms with Gasteiger partial charge in [0.25, 0.3) is 5.91 Å². The summed E-state index contributed by atoms with van der Waals surface area (Å²) in [6.45, 7) is 8.56. The third-order valence-corrected chi connectivity index (χ3v) is 5.38. The number of hydrogen-bond acceptors (Lipinski definition) is 3. The third-order valence-electron chi connectivity index (χ3n) is 4.11. The highest BCUT2D eigenvalue weighted by atomic mass is 32.2. The summed E-state index contributed by atoms with van der Waals surface area (Å²) in [6.07, 6.45) is 1.49. The van der Waals surface area contributed by atoms with E-state index in [9.17, 15) is 9.59 Å². The van der Waals surface area contributed by atoms with Crippen LogP contribution in [-0.4, -0.2) is 46.8 Å². The average Bonchev–Trinajstić information content (AvgIpc) is 2.58. The summed E-state index contributed by atoms with van der Waals surface area (Å²) in [5, 5.41) is 3.04. The number of benzene rings is 1. The Bertz CT molecular complexity index is 546. The number of piperidine rings is 1. The Labute approximate surface area is 149 Å². The van der Waals surface area contributed by atoms with E-state index in [1.165, 1.54) is 0 Å². The van der Waals surface area contributed by atoms with Gasteiger partial charge in [0, 0.05) is 41.6 Å². The quantitative estimate of drug-likeness (QED) is 0.832. The molecule has 1 heterocycles. The first-order valence-corrected chi connectivity index (χ1v) is 9.61. The third kappa shape index (κ3) is 5.86. The summed E-state index contributed by atoms with van der Waals surface area (Å²) in [5.41, 5.74) is 0.722. The molecule has 0 radical (unpaired) electrons. The topological polar surface area (TPSA) is 49.4 Å². The van der Waals surface area contributed by atoms with E-state index in [-0.39, 0.29) is 22.5 Å². The number of thioether (sulfide) groups is 1. The van der Waals surface area contributed by atoms with Gasteiger partial charge in [0.15, 0.2) is 0 Å². The lowest BCUT2D eigenvalue weighted by Gasteiger charge is -2.31. The highest BCUT2D eigenvalue weighted by molar-refractivity contribution is 8.00. The first-order valence-electron chi connectivity index (χ1n) is 8.63. The lowest BCUT2D eigenvalue weighted by atomic mass is 9.95. The molecular weight excluding hydrogens is 320 g/mol. The summed E-state index contributed by atoms with van der Waals surface area (Å²) < 4.78 is 0.230. The van der Waals surface area contributed by atoms with Crippen molar-refractivity contribution in [2.24, 2.45) is 5.92 Å². The zero-order chi connectivity index (χ0) is 17.6. The van der Waals surface area contributed by atoms with Crippen LogP contribution in [0.2, 0.25) is 0 Å². The highest BCUT2D eigenvalue weighted by Crippen LogP contribution is 2.22. The van der Waals surface area contributed by atoms with Gasteiger partial charge in [-0.15, -0.1) is 0 Å². The van der Waals surface area contributed by atoms with Crippen LogP contribution in [0.25, 0.3) is 0 Å². The zero-order valence-electron chi connectivity index (χ0n) is 14.9. The van der Waals surface area contributed by atoms with E-state index in [4.69, 9.17) is 0 Å². The van der Waals surface area contributed by atoms with E-state index in [2.05, 4.69) is 26.1 Å². The van der Waals surface area contributed by atoms with Gasteiger partial charge in [-0.25, -0.2) is 0 Å². The van der Waals surface area contributed by atoms with Crippen LogP contribution in [0.1, 0.15) is 44.0 Å². The number of carbonyl (C=O) groups is 2. The smallest absolute Gasteiger partial charge is 0.253 e. The van der Waals surface area contributed by atoms with Crippen LogP contribution >= 0.6 is 11.8 Å². The van der Waals surface area contributed by atoms with Gasteiger partial charge in [-0.3, -0.25) is 9.59 Å². The molecule has 1 aromatic carbocycles. The molecule has 132 valence electrons. The molecule has 1 aliphatic heterocycles. The fourth-order valence-corrected chi connectivity index (χ4v) is 3.60. The minimum absolute atomic E-state index is 0.0319. The van der Waals surface area contributed by atoms with Crippen molar-refractivity contribution in [1.82, 2.24) is 10.2 Å². The Balaban J connectivity index is 1.72. The van der Waals surface area contributed by atoms with Crippen LogP contribution in [-0.2, 0) is 4.79 Å². The second kappa shape index (κ2) is 8.56. The van der Waals surface area contributed by atoms with Crippen LogP contribution in [0, 0.1) is 5.92 Å². The molecular formula is C19H28N2O2S. The SMILES string of the molecule is CC(C)(C)SCCNC(=O)C1CCN(C(=O)c2ccccc2)CC1. The first-order chi connectivity index (χ1) is 11.4. The van der Waals surface area contributed by atoms with Crippen molar-refractivity contribution in [3.63, 3.8) is 0 Å². The van der Waals surface area contributed by atoms with Crippen molar-refractivity contribution in [2.75, 3.05) is 25.4 Å². The molecule has 0 spiro atoms. The van der Waals surface area contributed by atoms with Crippen LogP contribution < -0.4 is 5.32 Å². The number of amides is 2. The van der Waals surface area contributed by atoms with E-state index in [1.807, 2.05) is 47.0 Å². The minimum atomic E-state index is 0.0319. The lowest BCUT2D eigenvalue weighted by molar-refractivity contribution is -0.126. The molecule has 1 aromatic rings. The lowest BCUT2D eigenvalue weighted by Crippen LogP contribution is -2.43. The molecule has 1 fully saturated rings. The zero-order valence-corrected chi connectivity index (χ0v) is 15.7. The van der Waals surface area contributed by atoms with Crippen molar-refractivity contribution in [3.05, 3.63) is 35.9 Å². The van der Waals surface area contributed by atoms with Gasteiger partial charge in [0.2, 0.25) is 5.91 Å². The summed E-state index contributed by atoms with van der Waals surface area (Å²) in [7, 11) is 0. The maximum absolute atomic E-state index is 12.4. The van der Waals surface area contributed by atoms with Gasteiger partial charge < -0.3 is 10.2 Å². The number of rotatable bonds is 5. The number of likely N-dealkylation sites (tertiary alicyclic amines) is 1. The second-order valence-electron chi connectivity index (χ2n) is 7.18. The van der Waals surface area contributed by atoms with Crippen molar-refractivity contribution in [3.8, 4) is 0 Å². The molecule has 4 nitrogen and oxygen atoms in total. The summed E-state index contributed by atoms with van der Waals surface area (Å²) >= 11 is 1.86. The number of hydrogen-bond donors (Lipinski definition) is 1. The fraction of sp³-hybridized carbons (Fsp3) is 0.579. The number of carbonyl (C=O) groups excluding carboxylic acids is 2. The molecule has 24 heavy (non-hydrogen) atoms. The van der Waals surface area contributed by atoms with Crippen LogP contribution in [0.4, 0.5) is 0 Å². The monoisotopic (exact) mass is 348 g/mol. The summed E-state index contributed by atoms with van der Waals surface area (Å²) in [5.74, 6) is 1.16. The molecule has 2 amide bonds. The largest absolute Gasteiger partial charge is 0.355 e. The van der Waals surface area contributed by atoms with Crippen molar-refractivity contribution >= 4 is 23.6 Å². The molecule has 0 unspecified atom stereocenters. The Kier molecular flexibility index (Phi) is 6.72. The van der Waals surface area contributed by atoms with E-state index in [1.54, 1.807) is 0 Å². The standard InChI is InChI=1S/C19H28N2O2S/c1-19(2,3)24-14-11-20-17(22)15-9-12-21(13-10-15)18(23)16-7-5-4-6-8-16/h4-8,15H,9-14H2,1-3H3,(H,20,22). The van der Waals surface area contributed by atoms with E-state index in [0.717, 1.165) is 24.2 Å². The second-order valence-corrected chi connectivity index (χ2v) is 9.11. The molecule has 0 bridgehead atoms. The molecule has 0 atom stereocenters. The molecule has 1 aliphatic rings. The van der Waals surface area contributed by atoms with Gasteiger partial charge in [-0.2, -0.15) is 11.8 Å². The van der Waals surface area contributed by atoms with Crippen molar-refractivity contribution < 1.29 is 9.59 Å². The molecule has 0 aromatic heterocycles. The Morgan fingerprint density at radius 1 is 1.17 bits per heavy atom. The van der Waals surface area contributed by atoms with Gasteiger partial charge in [0.05, 0.1) is 0 Å². The van der Waals surface area contributed by atoms with Crippen LogP contribution in [0.15, 0.2) is 30.3 Å². The molecule has 0 aliphatic carbocycles. The van der Waals surface area contributed by atoms with Crippen molar-refractivity contribution in [1.29, 1.82) is 0 Å². The molecule has 5 heteroatoms.